The van der Waals surface area contributed by atoms with Crippen LogP contribution in [0.5, 0.6) is 11.5 Å². The highest BCUT2D eigenvalue weighted by atomic mass is 32.1. The van der Waals surface area contributed by atoms with Gasteiger partial charge in [0.1, 0.15) is 5.82 Å². The number of ether oxygens (including phenoxy) is 1. The SMILES string of the molecule is CCOc1cc(C2NC(=S)N(c3ccc(C)c(F)c3)C(C)=C2C(=O)N(C)C)ccc1O. The zero-order valence-corrected chi connectivity index (χ0v) is 19.0. The maximum atomic E-state index is 14.2. The largest absolute Gasteiger partial charge is 0.504 e. The van der Waals surface area contributed by atoms with Crippen LogP contribution in [0, 0.1) is 12.7 Å². The van der Waals surface area contributed by atoms with Gasteiger partial charge in [-0.25, -0.2) is 4.39 Å². The predicted octanol–water partition coefficient (Wildman–Crippen LogP) is 4.04. The molecule has 31 heavy (non-hydrogen) atoms. The van der Waals surface area contributed by atoms with Gasteiger partial charge in [0.05, 0.1) is 23.9 Å². The van der Waals surface area contributed by atoms with E-state index in [1.165, 1.54) is 17.0 Å². The Balaban J connectivity index is 2.16. The Hall–Kier alpha value is -3.13. The van der Waals surface area contributed by atoms with Crippen molar-refractivity contribution in [3.8, 4) is 11.5 Å². The van der Waals surface area contributed by atoms with E-state index in [1.807, 2.05) is 6.92 Å². The van der Waals surface area contributed by atoms with Crippen molar-refractivity contribution in [2.45, 2.75) is 26.8 Å². The van der Waals surface area contributed by atoms with Gasteiger partial charge < -0.3 is 20.1 Å². The number of hydrogen-bond donors (Lipinski definition) is 2. The lowest BCUT2D eigenvalue weighted by Crippen LogP contribution is -2.49. The molecule has 0 radical (unpaired) electrons. The monoisotopic (exact) mass is 443 g/mol. The Morgan fingerprint density at radius 3 is 2.58 bits per heavy atom. The fourth-order valence-electron chi connectivity index (χ4n) is 3.52. The van der Waals surface area contributed by atoms with Crippen molar-refractivity contribution in [1.29, 1.82) is 0 Å². The van der Waals surface area contributed by atoms with Gasteiger partial charge in [-0.3, -0.25) is 9.69 Å². The lowest BCUT2D eigenvalue weighted by Gasteiger charge is -2.38. The molecule has 0 saturated carbocycles. The summed E-state index contributed by atoms with van der Waals surface area (Å²) in [6, 6.07) is 9.22. The summed E-state index contributed by atoms with van der Waals surface area (Å²) in [5, 5.41) is 13.6. The number of carbonyl (C=O) groups excluding carboxylic acids is 1. The molecule has 1 heterocycles. The van der Waals surface area contributed by atoms with Crippen LogP contribution in [0.15, 0.2) is 47.7 Å². The first-order chi connectivity index (χ1) is 14.6. The first-order valence-electron chi connectivity index (χ1n) is 9.90. The number of carbonyl (C=O) groups is 1. The third-order valence-electron chi connectivity index (χ3n) is 5.15. The third kappa shape index (κ3) is 4.34. The molecule has 1 aliphatic rings. The molecule has 2 aromatic carbocycles. The standard InChI is InChI=1S/C23H26FN3O3S/c1-6-30-19-11-15(8-10-18(19)28)21-20(22(29)26(4)5)14(3)27(23(31)25-21)16-9-7-13(2)17(24)12-16/h7-12,21,28H,6H2,1-5H3,(H,25,31). The quantitative estimate of drug-likeness (QED) is 0.680. The highest BCUT2D eigenvalue weighted by Crippen LogP contribution is 2.37. The number of allylic oxidation sites excluding steroid dienone is 1. The van der Waals surface area contributed by atoms with Crippen molar-refractivity contribution in [2.24, 2.45) is 0 Å². The van der Waals surface area contributed by atoms with Crippen molar-refractivity contribution in [1.82, 2.24) is 10.2 Å². The predicted molar refractivity (Wildman–Crippen MR) is 123 cm³/mol. The summed E-state index contributed by atoms with van der Waals surface area (Å²) in [4.78, 5) is 16.3. The Kier molecular flexibility index (Phi) is 6.50. The number of nitrogens with zero attached hydrogens (tertiary/aromatic N) is 2. The van der Waals surface area contributed by atoms with E-state index < -0.39 is 6.04 Å². The summed E-state index contributed by atoms with van der Waals surface area (Å²) in [6.07, 6.45) is 0. The van der Waals surface area contributed by atoms with Gasteiger partial charge in [-0.2, -0.15) is 0 Å². The number of rotatable bonds is 5. The molecular formula is C23H26FN3O3S. The molecule has 0 aliphatic carbocycles. The molecule has 0 saturated heterocycles. The number of phenols is 1. The number of aromatic hydroxyl groups is 1. The second-order valence-corrected chi connectivity index (χ2v) is 7.90. The number of amides is 1. The summed E-state index contributed by atoms with van der Waals surface area (Å²) >= 11 is 5.61. The summed E-state index contributed by atoms with van der Waals surface area (Å²) < 4.78 is 19.8. The van der Waals surface area contributed by atoms with Gasteiger partial charge in [-0.1, -0.05) is 12.1 Å². The lowest BCUT2D eigenvalue weighted by atomic mass is 9.93. The molecule has 3 rings (SSSR count). The molecule has 1 amide bonds. The average Bonchev–Trinajstić information content (AvgIpc) is 2.71. The minimum absolute atomic E-state index is 0.0157. The smallest absolute Gasteiger partial charge is 0.253 e. The van der Waals surface area contributed by atoms with Crippen LogP contribution in [0.4, 0.5) is 10.1 Å². The van der Waals surface area contributed by atoms with E-state index >= 15 is 0 Å². The van der Waals surface area contributed by atoms with E-state index in [1.54, 1.807) is 57.1 Å². The summed E-state index contributed by atoms with van der Waals surface area (Å²) in [7, 11) is 3.34. The van der Waals surface area contributed by atoms with Gasteiger partial charge in [0.2, 0.25) is 0 Å². The number of halogens is 1. The molecule has 0 fully saturated rings. The van der Waals surface area contributed by atoms with Crippen molar-refractivity contribution in [2.75, 3.05) is 25.6 Å². The Bertz CT molecular complexity index is 1070. The van der Waals surface area contributed by atoms with Crippen molar-refractivity contribution in [3.05, 3.63) is 64.6 Å². The van der Waals surface area contributed by atoms with Gasteiger partial charge in [-0.05, 0) is 68.4 Å². The van der Waals surface area contributed by atoms with Crippen LogP contribution in [0.25, 0.3) is 0 Å². The number of anilines is 1. The van der Waals surface area contributed by atoms with E-state index in [-0.39, 0.29) is 17.5 Å². The van der Waals surface area contributed by atoms with Crippen molar-refractivity contribution in [3.63, 3.8) is 0 Å². The fourth-order valence-corrected chi connectivity index (χ4v) is 3.88. The van der Waals surface area contributed by atoms with Crippen LogP contribution >= 0.6 is 12.2 Å². The molecule has 2 N–H and O–H groups in total. The van der Waals surface area contributed by atoms with Gasteiger partial charge in [0.25, 0.3) is 5.91 Å². The van der Waals surface area contributed by atoms with Crippen molar-refractivity contribution < 1.29 is 19.0 Å². The molecule has 1 unspecified atom stereocenters. The average molecular weight is 444 g/mol. The van der Waals surface area contributed by atoms with Crippen molar-refractivity contribution >= 4 is 28.9 Å². The Morgan fingerprint density at radius 2 is 1.97 bits per heavy atom. The van der Waals surface area contributed by atoms with Gasteiger partial charge >= 0.3 is 0 Å². The number of phenolic OH excluding ortho intramolecular Hbond substituents is 1. The third-order valence-corrected chi connectivity index (χ3v) is 5.45. The maximum absolute atomic E-state index is 14.2. The number of likely N-dealkylation sites (N-methyl/N-ethyl adjacent to an activating group) is 1. The van der Waals surface area contributed by atoms with Gasteiger partial charge in [0, 0.05) is 19.8 Å². The summed E-state index contributed by atoms with van der Waals surface area (Å²) in [5.74, 6) is -0.219. The molecule has 1 atom stereocenters. The number of benzene rings is 2. The summed E-state index contributed by atoms with van der Waals surface area (Å²) in [5.41, 5.74) is 2.83. The normalized spacial score (nSPS) is 16.3. The van der Waals surface area contributed by atoms with Crippen LogP contribution in [-0.2, 0) is 4.79 Å². The topological polar surface area (TPSA) is 65.0 Å². The minimum atomic E-state index is -0.561. The first-order valence-corrected chi connectivity index (χ1v) is 10.3. The highest BCUT2D eigenvalue weighted by Gasteiger charge is 2.35. The maximum Gasteiger partial charge on any atom is 0.253 e. The summed E-state index contributed by atoms with van der Waals surface area (Å²) in [6.45, 7) is 5.69. The highest BCUT2D eigenvalue weighted by molar-refractivity contribution is 7.80. The lowest BCUT2D eigenvalue weighted by molar-refractivity contribution is -0.125. The van der Waals surface area contributed by atoms with Gasteiger partial charge in [-0.15, -0.1) is 0 Å². The second-order valence-electron chi connectivity index (χ2n) is 7.51. The Morgan fingerprint density at radius 1 is 1.26 bits per heavy atom. The second kappa shape index (κ2) is 8.93. The van der Waals surface area contributed by atoms with Crippen LogP contribution in [-0.4, -0.2) is 41.7 Å². The fraction of sp³-hybridized carbons (Fsp3) is 0.304. The molecule has 6 nitrogen and oxygen atoms in total. The zero-order chi connectivity index (χ0) is 22.9. The zero-order valence-electron chi connectivity index (χ0n) is 18.2. The van der Waals surface area contributed by atoms with E-state index in [0.29, 0.717) is 45.6 Å². The van der Waals surface area contributed by atoms with Crippen LogP contribution < -0.4 is 15.0 Å². The first kappa shape index (κ1) is 22.6. The number of hydrogen-bond acceptors (Lipinski definition) is 4. The molecule has 0 bridgehead atoms. The molecule has 2 aromatic rings. The Labute approximate surface area is 186 Å². The van der Waals surface area contributed by atoms with Crippen LogP contribution in [0.1, 0.15) is 31.0 Å². The minimum Gasteiger partial charge on any atom is -0.504 e. The van der Waals surface area contributed by atoms with E-state index in [0.717, 1.165) is 0 Å². The number of thiocarbonyl (C=S) groups is 1. The molecular weight excluding hydrogens is 417 g/mol. The molecule has 0 spiro atoms. The van der Waals surface area contributed by atoms with E-state index in [9.17, 15) is 14.3 Å². The molecule has 0 aromatic heterocycles. The number of aryl methyl sites for hydroxylation is 1. The van der Waals surface area contributed by atoms with E-state index in [4.69, 9.17) is 17.0 Å². The molecule has 8 heteroatoms. The van der Waals surface area contributed by atoms with Crippen LogP contribution in [0.2, 0.25) is 0 Å². The molecule has 164 valence electrons. The van der Waals surface area contributed by atoms with Gasteiger partial charge in [0.15, 0.2) is 16.6 Å². The number of nitrogens with one attached hydrogen (secondary N) is 1. The van der Waals surface area contributed by atoms with E-state index in [2.05, 4.69) is 5.32 Å². The molecule has 1 aliphatic heterocycles. The van der Waals surface area contributed by atoms with Crippen LogP contribution in [0.3, 0.4) is 0 Å².